The molecule has 0 aromatic heterocycles. The van der Waals surface area contributed by atoms with E-state index in [1.54, 1.807) is 6.07 Å². The Morgan fingerprint density at radius 3 is 2.53 bits per heavy atom. The molecule has 0 bridgehead atoms. The lowest BCUT2D eigenvalue weighted by Gasteiger charge is -2.28. The average Bonchev–Trinajstić information content (AvgIpc) is 3.21. The highest BCUT2D eigenvalue weighted by atomic mass is 19.2. The molecule has 0 radical (unpaired) electrons. The molecule has 0 heterocycles. The maximum atomic E-state index is 13.4. The molecule has 0 spiro atoms. The molecular weight excluding hydrogens is 248 g/mol. The molecule has 0 aliphatic heterocycles. The third kappa shape index (κ3) is 3.51. The number of hydrogen-bond acceptors (Lipinski definition) is 2. The second kappa shape index (κ2) is 6.44. The Labute approximate surface area is 113 Å². The van der Waals surface area contributed by atoms with Crippen LogP contribution in [0.5, 0.6) is 0 Å². The van der Waals surface area contributed by atoms with Crippen LogP contribution in [-0.4, -0.2) is 19.3 Å². The van der Waals surface area contributed by atoms with Crippen molar-refractivity contribution in [2.24, 2.45) is 5.92 Å². The lowest BCUT2D eigenvalue weighted by molar-refractivity contribution is 0.0188. The molecule has 0 amide bonds. The minimum absolute atomic E-state index is 0.0369. The monoisotopic (exact) mass is 269 g/mol. The topological polar surface area (TPSA) is 21.3 Å². The fourth-order valence-corrected chi connectivity index (χ4v) is 2.47. The van der Waals surface area contributed by atoms with E-state index in [0.717, 1.165) is 24.9 Å². The zero-order valence-corrected chi connectivity index (χ0v) is 11.5. The van der Waals surface area contributed by atoms with Crippen LogP contribution in [0.4, 0.5) is 8.78 Å². The Kier molecular flexibility index (Phi) is 4.88. The van der Waals surface area contributed by atoms with Gasteiger partial charge in [0.15, 0.2) is 11.6 Å². The van der Waals surface area contributed by atoms with Crippen molar-refractivity contribution in [3.8, 4) is 0 Å². The zero-order valence-electron chi connectivity index (χ0n) is 11.5. The summed E-state index contributed by atoms with van der Waals surface area (Å²) in [5.41, 5.74) is 0.756. The van der Waals surface area contributed by atoms with Gasteiger partial charge in [-0.2, -0.15) is 0 Å². The van der Waals surface area contributed by atoms with Crippen LogP contribution in [0, 0.1) is 17.6 Å². The highest BCUT2D eigenvalue weighted by molar-refractivity contribution is 5.23. The first-order valence-corrected chi connectivity index (χ1v) is 6.97. The van der Waals surface area contributed by atoms with Gasteiger partial charge in [0.2, 0.25) is 0 Å². The van der Waals surface area contributed by atoms with Crippen LogP contribution < -0.4 is 5.32 Å². The number of rotatable bonds is 7. The van der Waals surface area contributed by atoms with E-state index in [0.29, 0.717) is 12.5 Å². The van der Waals surface area contributed by atoms with E-state index in [2.05, 4.69) is 5.32 Å². The van der Waals surface area contributed by atoms with Crippen molar-refractivity contribution in [1.82, 2.24) is 5.32 Å². The molecule has 2 atom stereocenters. The number of halogens is 2. The van der Waals surface area contributed by atoms with Gasteiger partial charge in [0.25, 0.3) is 0 Å². The van der Waals surface area contributed by atoms with E-state index in [9.17, 15) is 8.78 Å². The first-order valence-electron chi connectivity index (χ1n) is 6.97. The van der Waals surface area contributed by atoms with Gasteiger partial charge in [-0.05, 0) is 49.9 Å². The van der Waals surface area contributed by atoms with Gasteiger partial charge in [0.1, 0.15) is 0 Å². The molecule has 1 fully saturated rings. The first kappa shape index (κ1) is 14.4. The van der Waals surface area contributed by atoms with Crippen molar-refractivity contribution >= 4 is 0 Å². The van der Waals surface area contributed by atoms with E-state index < -0.39 is 11.6 Å². The van der Waals surface area contributed by atoms with Crippen molar-refractivity contribution in [2.75, 3.05) is 13.2 Å². The summed E-state index contributed by atoms with van der Waals surface area (Å²) in [5.74, 6) is -1.08. The van der Waals surface area contributed by atoms with Gasteiger partial charge in [-0.15, -0.1) is 0 Å². The van der Waals surface area contributed by atoms with Crippen molar-refractivity contribution < 1.29 is 13.5 Å². The third-order valence-corrected chi connectivity index (χ3v) is 3.50. The molecule has 1 aromatic carbocycles. The predicted molar refractivity (Wildman–Crippen MR) is 70.9 cm³/mol. The van der Waals surface area contributed by atoms with Gasteiger partial charge >= 0.3 is 0 Å². The summed E-state index contributed by atoms with van der Waals surface area (Å²) in [4.78, 5) is 0. The summed E-state index contributed by atoms with van der Waals surface area (Å²) in [6, 6.07) is 4.02. The number of benzene rings is 1. The molecule has 2 unspecified atom stereocenters. The van der Waals surface area contributed by atoms with E-state index in [4.69, 9.17) is 4.74 Å². The second-order valence-electron chi connectivity index (χ2n) is 4.97. The first-order chi connectivity index (χ1) is 9.17. The molecule has 2 nitrogen and oxygen atoms in total. The molecule has 4 heteroatoms. The Hall–Kier alpha value is -1.00. The normalized spacial score (nSPS) is 18.3. The molecule has 1 aromatic rings. The molecule has 1 saturated carbocycles. The van der Waals surface area contributed by atoms with E-state index in [1.165, 1.54) is 12.1 Å². The molecule has 1 aliphatic carbocycles. The average molecular weight is 269 g/mol. The quantitative estimate of drug-likeness (QED) is 0.819. The summed E-state index contributed by atoms with van der Waals surface area (Å²) in [6.07, 6.45) is 2.33. The van der Waals surface area contributed by atoms with Crippen LogP contribution in [0.1, 0.15) is 38.3 Å². The number of hydrogen-bond donors (Lipinski definition) is 1. The Morgan fingerprint density at radius 2 is 2.00 bits per heavy atom. The maximum absolute atomic E-state index is 13.4. The Morgan fingerprint density at radius 1 is 1.26 bits per heavy atom. The molecule has 2 rings (SSSR count). The second-order valence-corrected chi connectivity index (χ2v) is 4.97. The molecule has 1 N–H and O–H groups in total. The number of nitrogens with one attached hydrogen (secondary N) is 1. The SMILES string of the molecule is CCNC(c1ccc(F)c(F)c1)C(OCC)C1CC1. The summed E-state index contributed by atoms with van der Waals surface area (Å²) in [6.45, 7) is 5.36. The minimum atomic E-state index is -0.807. The molecular formula is C15H21F2NO. The van der Waals surface area contributed by atoms with E-state index in [-0.39, 0.29) is 12.1 Å². The van der Waals surface area contributed by atoms with Crippen molar-refractivity contribution in [3.05, 3.63) is 35.4 Å². The van der Waals surface area contributed by atoms with Crippen LogP contribution in [0.3, 0.4) is 0 Å². The summed E-state index contributed by atoms with van der Waals surface area (Å²) >= 11 is 0. The third-order valence-electron chi connectivity index (χ3n) is 3.50. The number of likely N-dealkylation sites (N-methyl/N-ethyl adjacent to an activating group) is 1. The fraction of sp³-hybridized carbons (Fsp3) is 0.600. The van der Waals surface area contributed by atoms with Crippen LogP contribution in [0.25, 0.3) is 0 Å². The van der Waals surface area contributed by atoms with Gasteiger partial charge in [-0.3, -0.25) is 0 Å². The van der Waals surface area contributed by atoms with Crippen LogP contribution in [0.15, 0.2) is 18.2 Å². The maximum Gasteiger partial charge on any atom is 0.159 e. The van der Waals surface area contributed by atoms with Gasteiger partial charge < -0.3 is 10.1 Å². The molecule has 19 heavy (non-hydrogen) atoms. The fourth-order valence-electron chi connectivity index (χ4n) is 2.47. The summed E-state index contributed by atoms with van der Waals surface area (Å²) < 4.78 is 32.3. The van der Waals surface area contributed by atoms with E-state index in [1.807, 2.05) is 13.8 Å². The van der Waals surface area contributed by atoms with Crippen molar-refractivity contribution in [1.29, 1.82) is 0 Å². The Bertz CT molecular complexity index is 421. The van der Waals surface area contributed by atoms with Crippen LogP contribution in [-0.2, 0) is 4.74 Å². The lowest BCUT2D eigenvalue weighted by atomic mass is 9.97. The molecule has 1 aliphatic rings. The smallest absolute Gasteiger partial charge is 0.159 e. The van der Waals surface area contributed by atoms with Gasteiger partial charge in [0, 0.05) is 6.61 Å². The van der Waals surface area contributed by atoms with Crippen molar-refractivity contribution in [3.63, 3.8) is 0 Å². The van der Waals surface area contributed by atoms with Gasteiger partial charge in [-0.25, -0.2) is 8.78 Å². The van der Waals surface area contributed by atoms with Gasteiger partial charge in [0.05, 0.1) is 12.1 Å². The van der Waals surface area contributed by atoms with Gasteiger partial charge in [-0.1, -0.05) is 13.0 Å². The highest BCUT2D eigenvalue weighted by Gasteiger charge is 2.37. The Balaban J connectivity index is 2.23. The van der Waals surface area contributed by atoms with Crippen LogP contribution in [0.2, 0.25) is 0 Å². The van der Waals surface area contributed by atoms with Crippen LogP contribution >= 0.6 is 0 Å². The summed E-state index contributed by atoms with van der Waals surface area (Å²) in [7, 11) is 0. The molecule has 0 saturated heterocycles. The molecule has 106 valence electrons. The predicted octanol–water partition coefficient (Wildman–Crippen LogP) is 3.43. The largest absolute Gasteiger partial charge is 0.376 e. The van der Waals surface area contributed by atoms with E-state index >= 15 is 0 Å². The summed E-state index contributed by atoms with van der Waals surface area (Å²) in [5, 5.41) is 3.34. The van der Waals surface area contributed by atoms with Crippen molar-refractivity contribution in [2.45, 2.75) is 38.8 Å². The lowest BCUT2D eigenvalue weighted by Crippen LogP contribution is -2.35. The standard InChI is InChI=1S/C15H21F2NO/c1-3-18-14(15(19-4-2)10-5-6-10)11-7-8-12(16)13(17)9-11/h7-10,14-15,18H,3-6H2,1-2H3. The highest BCUT2D eigenvalue weighted by Crippen LogP contribution is 2.40. The zero-order chi connectivity index (χ0) is 13.8. The minimum Gasteiger partial charge on any atom is -0.376 e. The number of ether oxygens (including phenoxy) is 1.